The van der Waals surface area contributed by atoms with E-state index < -0.39 is 0 Å². The highest BCUT2D eigenvalue weighted by Gasteiger charge is 2.37. The van der Waals surface area contributed by atoms with Crippen molar-refractivity contribution in [2.75, 3.05) is 5.88 Å². The molecule has 1 saturated carbocycles. The number of benzene rings is 1. The Hall–Kier alpha value is -0.000000000000000111. The molecule has 1 aromatic rings. The molecule has 1 aliphatic carbocycles. The molecule has 2 rings (SSSR count). The Balaban J connectivity index is 2.17. The topological polar surface area (TPSA) is 29.1 Å². The van der Waals surface area contributed by atoms with Gasteiger partial charge < -0.3 is 5.32 Å². The average Bonchev–Trinajstić information content (AvgIpc) is 2.26. The van der Waals surface area contributed by atoms with E-state index in [1.165, 1.54) is 0 Å². The summed E-state index contributed by atoms with van der Waals surface area (Å²) in [5, 5.41) is 3.60. The van der Waals surface area contributed by atoms with Gasteiger partial charge in [-0.05, 0) is 60.1 Å². The van der Waals surface area contributed by atoms with Crippen LogP contribution in [0.2, 0.25) is 5.02 Å². The summed E-state index contributed by atoms with van der Waals surface area (Å²) in [5.74, 6) is 0.382. The number of nitrogens with one attached hydrogen (secondary N) is 1. The molecule has 0 aliphatic heterocycles. The SMILES string of the molecule is O=C(NC1(CCl)CCC1)c1cc(Cl)ccc1I. The first-order valence-corrected chi connectivity index (χ1v) is 7.39. The third-order valence-electron chi connectivity index (χ3n) is 3.12. The lowest BCUT2D eigenvalue weighted by molar-refractivity contribution is 0.0853. The molecule has 5 heteroatoms. The fraction of sp³-hybridized carbons (Fsp3) is 0.417. The molecule has 1 fully saturated rings. The third-order valence-corrected chi connectivity index (χ3v) is 4.81. The lowest BCUT2D eigenvalue weighted by Gasteiger charge is -2.41. The van der Waals surface area contributed by atoms with Crippen LogP contribution >= 0.6 is 45.8 Å². The van der Waals surface area contributed by atoms with Crippen LogP contribution in [0.3, 0.4) is 0 Å². The summed E-state index contributed by atoms with van der Waals surface area (Å²) in [6.45, 7) is 0. The van der Waals surface area contributed by atoms with Crippen molar-refractivity contribution in [3.05, 3.63) is 32.4 Å². The Morgan fingerprint density at radius 1 is 1.47 bits per heavy atom. The van der Waals surface area contributed by atoms with Gasteiger partial charge in [0.2, 0.25) is 0 Å². The molecule has 0 bridgehead atoms. The molecule has 1 amide bonds. The standard InChI is InChI=1S/C12H12Cl2INO/c13-7-12(4-1-5-12)16-11(17)9-6-8(14)2-3-10(9)15/h2-3,6H,1,4-5,7H2,(H,16,17). The second-order valence-electron chi connectivity index (χ2n) is 4.35. The van der Waals surface area contributed by atoms with Gasteiger partial charge >= 0.3 is 0 Å². The van der Waals surface area contributed by atoms with E-state index in [0.717, 1.165) is 22.8 Å². The van der Waals surface area contributed by atoms with Crippen molar-refractivity contribution >= 4 is 51.7 Å². The van der Waals surface area contributed by atoms with Gasteiger partial charge in [0, 0.05) is 14.5 Å². The minimum Gasteiger partial charge on any atom is -0.345 e. The fourth-order valence-electron chi connectivity index (χ4n) is 1.88. The van der Waals surface area contributed by atoms with Crippen LogP contribution in [-0.4, -0.2) is 17.3 Å². The first-order valence-electron chi connectivity index (χ1n) is 5.40. The minimum absolute atomic E-state index is 0.0859. The van der Waals surface area contributed by atoms with E-state index in [1.807, 2.05) is 6.07 Å². The van der Waals surface area contributed by atoms with Gasteiger partial charge in [0.25, 0.3) is 5.91 Å². The van der Waals surface area contributed by atoms with Gasteiger partial charge in [-0.2, -0.15) is 0 Å². The number of alkyl halides is 1. The van der Waals surface area contributed by atoms with Crippen molar-refractivity contribution in [1.29, 1.82) is 0 Å². The van der Waals surface area contributed by atoms with Gasteiger partial charge in [0.15, 0.2) is 0 Å². The summed E-state index contributed by atoms with van der Waals surface area (Å²) in [5.41, 5.74) is 0.416. The number of carbonyl (C=O) groups is 1. The number of carbonyl (C=O) groups excluding carboxylic acids is 1. The highest BCUT2D eigenvalue weighted by Crippen LogP contribution is 2.33. The maximum absolute atomic E-state index is 12.2. The Morgan fingerprint density at radius 3 is 2.71 bits per heavy atom. The van der Waals surface area contributed by atoms with Crippen LogP contribution < -0.4 is 5.32 Å². The number of hydrogen-bond donors (Lipinski definition) is 1. The Morgan fingerprint density at radius 2 is 2.18 bits per heavy atom. The van der Waals surface area contributed by atoms with Crippen LogP contribution in [0.5, 0.6) is 0 Å². The zero-order valence-corrected chi connectivity index (χ0v) is 12.8. The molecular weight excluding hydrogens is 372 g/mol. The van der Waals surface area contributed by atoms with E-state index in [0.29, 0.717) is 16.5 Å². The summed E-state index contributed by atoms with van der Waals surface area (Å²) in [6.07, 6.45) is 3.04. The monoisotopic (exact) mass is 383 g/mol. The normalized spacial score (nSPS) is 17.4. The second-order valence-corrected chi connectivity index (χ2v) is 6.21. The molecule has 0 spiro atoms. The molecule has 0 heterocycles. The van der Waals surface area contributed by atoms with Gasteiger partial charge in [0.05, 0.1) is 11.1 Å². The predicted molar refractivity (Wildman–Crippen MR) is 78.9 cm³/mol. The summed E-state index contributed by atoms with van der Waals surface area (Å²) in [7, 11) is 0. The van der Waals surface area contributed by atoms with Crippen molar-refractivity contribution in [2.45, 2.75) is 24.8 Å². The molecule has 1 N–H and O–H groups in total. The van der Waals surface area contributed by atoms with Gasteiger partial charge in [-0.15, -0.1) is 11.6 Å². The lowest BCUT2D eigenvalue weighted by atomic mass is 9.78. The Bertz CT molecular complexity index is 441. The molecule has 0 unspecified atom stereocenters. The average molecular weight is 384 g/mol. The molecule has 2 nitrogen and oxygen atoms in total. The van der Waals surface area contributed by atoms with E-state index in [2.05, 4.69) is 27.9 Å². The van der Waals surface area contributed by atoms with Gasteiger partial charge in [-0.1, -0.05) is 11.6 Å². The lowest BCUT2D eigenvalue weighted by Crippen LogP contribution is -2.55. The molecule has 0 aromatic heterocycles. The molecule has 1 aromatic carbocycles. The first kappa shape index (κ1) is 13.4. The molecule has 0 radical (unpaired) electrons. The largest absolute Gasteiger partial charge is 0.345 e. The van der Waals surface area contributed by atoms with Crippen LogP contribution in [0.25, 0.3) is 0 Å². The molecule has 1 aliphatic rings. The highest BCUT2D eigenvalue weighted by molar-refractivity contribution is 14.1. The number of hydrogen-bond acceptors (Lipinski definition) is 1. The summed E-state index contributed by atoms with van der Waals surface area (Å²) >= 11 is 14.0. The van der Waals surface area contributed by atoms with Crippen LogP contribution in [0.1, 0.15) is 29.6 Å². The predicted octanol–water partition coefficient (Wildman–Crippen LogP) is 3.84. The number of rotatable bonds is 3. The van der Waals surface area contributed by atoms with Crippen molar-refractivity contribution in [2.24, 2.45) is 0 Å². The van der Waals surface area contributed by atoms with E-state index in [9.17, 15) is 4.79 Å². The zero-order valence-electron chi connectivity index (χ0n) is 9.10. The summed E-state index contributed by atoms with van der Waals surface area (Å²) in [6, 6.07) is 5.31. The van der Waals surface area contributed by atoms with Gasteiger partial charge in [0.1, 0.15) is 0 Å². The zero-order chi connectivity index (χ0) is 12.5. The maximum atomic E-state index is 12.2. The Labute approximate surface area is 124 Å². The second kappa shape index (κ2) is 5.33. The smallest absolute Gasteiger partial charge is 0.252 e. The van der Waals surface area contributed by atoms with Crippen molar-refractivity contribution < 1.29 is 4.79 Å². The van der Waals surface area contributed by atoms with Crippen LogP contribution in [-0.2, 0) is 0 Å². The summed E-state index contributed by atoms with van der Waals surface area (Å²) in [4.78, 5) is 12.2. The van der Waals surface area contributed by atoms with E-state index in [-0.39, 0.29) is 11.4 Å². The maximum Gasteiger partial charge on any atom is 0.252 e. The minimum atomic E-state index is -0.204. The molecule has 0 saturated heterocycles. The molecule has 17 heavy (non-hydrogen) atoms. The first-order chi connectivity index (χ1) is 8.06. The molecule has 92 valence electrons. The fourth-order valence-corrected chi connectivity index (χ4v) is 2.96. The quantitative estimate of drug-likeness (QED) is 0.623. The van der Waals surface area contributed by atoms with Crippen LogP contribution in [0, 0.1) is 3.57 Å². The van der Waals surface area contributed by atoms with E-state index >= 15 is 0 Å². The number of amides is 1. The summed E-state index contributed by atoms with van der Waals surface area (Å²) < 4.78 is 0.897. The number of halogens is 3. The molecular formula is C12H12Cl2INO. The van der Waals surface area contributed by atoms with Crippen molar-refractivity contribution in [3.63, 3.8) is 0 Å². The molecule has 0 atom stereocenters. The van der Waals surface area contributed by atoms with Crippen molar-refractivity contribution in [1.82, 2.24) is 5.32 Å². The Kier molecular flexibility index (Phi) is 4.21. The van der Waals surface area contributed by atoms with Gasteiger partial charge in [-0.3, -0.25) is 4.79 Å². The van der Waals surface area contributed by atoms with E-state index in [4.69, 9.17) is 23.2 Å². The van der Waals surface area contributed by atoms with Crippen LogP contribution in [0.15, 0.2) is 18.2 Å². The van der Waals surface area contributed by atoms with Crippen molar-refractivity contribution in [3.8, 4) is 0 Å². The van der Waals surface area contributed by atoms with Crippen LogP contribution in [0.4, 0.5) is 0 Å². The van der Waals surface area contributed by atoms with Gasteiger partial charge in [-0.25, -0.2) is 0 Å². The van der Waals surface area contributed by atoms with E-state index in [1.54, 1.807) is 12.1 Å². The highest BCUT2D eigenvalue weighted by atomic mass is 127. The third kappa shape index (κ3) is 2.88.